The number of ether oxygens (including phenoxy) is 2. The summed E-state index contributed by atoms with van der Waals surface area (Å²) in [5.74, 6) is -4.43. The molecule has 3 amide bonds. The van der Waals surface area contributed by atoms with Crippen LogP contribution in [0, 0.1) is 28.6 Å². The van der Waals surface area contributed by atoms with Crippen LogP contribution in [0.25, 0.3) is 0 Å². The summed E-state index contributed by atoms with van der Waals surface area (Å²) in [5.41, 5.74) is -3.20. The molecule has 2 aromatic carbocycles. The number of aliphatic hydroxyl groups excluding tert-OH is 1. The van der Waals surface area contributed by atoms with E-state index in [2.05, 4.69) is 31.9 Å². The summed E-state index contributed by atoms with van der Waals surface area (Å²) in [5, 5.41) is 20.0. The van der Waals surface area contributed by atoms with Gasteiger partial charge in [0.2, 0.25) is 17.7 Å². The number of amides is 3. The molecule has 1 heterocycles. The molecule has 356 valence electrons. The van der Waals surface area contributed by atoms with Crippen molar-refractivity contribution in [2.75, 3.05) is 23.8 Å². The number of carbonyl (C=O) groups is 6. The first kappa shape index (κ1) is 49.6. The topological polar surface area (TPSA) is 244 Å². The summed E-state index contributed by atoms with van der Waals surface area (Å²) >= 11 is 3.03. The van der Waals surface area contributed by atoms with Gasteiger partial charge in [0, 0.05) is 53.3 Å². The first-order chi connectivity index (χ1) is 31.0. The Morgan fingerprint density at radius 3 is 2.45 bits per heavy atom. The number of alkyl halides is 2. The van der Waals surface area contributed by atoms with E-state index in [1.54, 1.807) is 52.0 Å². The van der Waals surface area contributed by atoms with Crippen molar-refractivity contribution in [1.82, 2.24) is 10.6 Å². The first-order valence-electron chi connectivity index (χ1n) is 22.1. The maximum atomic E-state index is 17.9. The van der Waals surface area contributed by atoms with Gasteiger partial charge in [-0.2, -0.15) is 0 Å². The molecule has 1 saturated heterocycles. The lowest BCUT2D eigenvalue weighted by Gasteiger charge is -2.62. The molecule has 7 rings (SSSR count). The number of aliphatic hydroxyl groups is 1. The summed E-state index contributed by atoms with van der Waals surface area (Å²) < 4.78 is 47.6. The molecule has 0 aromatic heterocycles. The fourth-order valence-corrected chi connectivity index (χ4v) is 11.7. The van der Waals surface area contributed by atoms with Crippen LogP contribution in [0.3, 0.4) is 0 Å². The Kier molecular flexibility index (Phi) is 14.3. The van der Waals surface area contributed by atoms with E-state index in [-0.39, 0.29) is 67.4 Å². The van der Waals surface area contributed by atoms with Gasteiger partial charge in [0.05, 0.1) is 23.6 Å². The number of Topliss-reactive ketones (excluding diaryl/α,β-unsaturated/α-hetero) is 2. The standard InChI is InChI=1S/C47H56BrFN3O13P/c1-26(18-36(54)27(2)51-40(57)15-17-50-41(58)24-48)42(59)52-32-7-5-6-29(20-32)19-28-8-10-30(11-9-28)43-64-39-22-35-34-13-12-31-21-33(53)14-16-44(31,3)46(34,49)37(55)23-45(35,4)47(39,65-43)38(56)25-63-66(60,61)62/h5-11,14,16,20-21,26-27,34-35,37,39,43,55H,12-13,15,17-19,22-25H2,1-4H3,(H,50,58)(H,51,57)(H,52,59)(H2,60,61,62)/t26-,27+,34+,35+,37+,39-,43-,44+,45+,46+,47-/m1/s1. The molecule has 0 bridgehead atoms. The minimum absolute atomic E-state index is 0.00251. The average molecular weight is 1000 g/mol. The molecule has 11 atom stereocenters. The summed E-state index contributed by atoms with van der Waals surface area (Å²) in [6.45, 7) is 5.72. The number of fused-ring (bicyclic) bond motifs is 7. The molecule has 4 fully saturated rings. The molecule has 19 heteroatoms. The van der Waals surface area contributed by atoms with Gasteiger partial charge in [-0.1, -0.05) is 77.8 Å². The monoisotopic (exact) mass is 999 g/mol. The molecule has 4 aliphatic carbocycles. The van der Waals surface area contributed by atoms with Gasteiger partial charge in [0.25, 0.3) is 0 Å². The van der Waals surface area contributed by atoms with Crippen LogP contribution in [0.4, 0.5) is 10.1 Å². The van der Waals surface area contributed by atoms with Crippen LogP contribution in [0.2, 0.25) is 0 Å². The molecule has 0 unspecified atom stereocenters. The van der Waals surface area contributed by atoms with Crippen molar-refractivity contribution < 1.29 is 66.6 Å². The van der Waals surface area contributed by atoms with Gasteiger partial charge in [-0.05, 0) is 87.3 Å². The average Bonchev–Trinajstić information content (AvgIpc) is 3.76. The lowest BCUT2D eigenvalue weighted by Crippen LogP contribution is -2.69. The van der Waals surface area contributed by atoms with Crippen molar-refractivity contribution in [2.45, 2.75) is 108 Å². The quantitative estimate of drug-likeness (QED) is 0.0902. The molecule has 16 nitrogen and oxygen atoms in total. The van der Waals surface area contributed by atoms with Crippen LogP contribution < -0.4 is 16.0 Å². The fourth-order valence-electron chi connectivity index (χ4n) is 11.2. The second-order valence-corrected chi connectivity index (χ2v) is 20.5. The van der Waals surface area contributed by atoms with E-state index in [9.17, 15) is 48.2 Å². The summed E-state index contributed by atoms with van der Waals surface area (Å²) in [6.07, 6.45) is 1.58. The minimum atomic E-state index is -5.10. The first-order valence-corrected chi connectivity index (χ1v) is 24.7. The number of hydrogen-bond acceptors (Lipinski definition) is 11. The number of anilines is 1. The third-order valence-corrected chi connectivity index (χ3v) is 15.6. The van der Waals surface area contributed by atoms with Gasteiger partial charge in [-0.3, -0.25) is 33.3 Å². The number of allylic oxidation sites excluding steroid dienone is 4. The molecule has 2 aromatic rings. The zero-order valence-electron chi connectivity index (χ0n) is 37.1. The Balaban J connectivity index is 1.01. The van der Waals surface area contributed by atoms with Crippen LogP contribution in [0.15, 0.2) is 72.3 Å². The number of nitrogens with one attached hydrogen (secondary N) is 3. The van der Waals surface area contributed by atoms with Crippen LogP contribution in [-0.4, -0.2) is 98.0 Å². The number of benzene rings is 2. The van der Waals surface area contributed by atoms with E-state index in [4.69, 9.17) is 14.0 Å². The molecule has 0 radical (unpaired) electrons. The lowest BCUT2D eigenvalue weighted by molar-refractivity contribution is -0.231. The lowest BCUT2D eigenvalue weighted by atomic mass is 9.44. The minimum Gasteiger partial charge on any atom is -0.390 e. The van der Waals surface area contributed by atoms with Crippen molar-refractivity contribution in [2.24, 2.45) is 28.6 Å². The van der Waals surface area contributed by atoms with Gasteiger partial charge in [0.1, 0.15) is 6.61 Å². The number of carbonyl (C=O) groups excluding carboxylic acids is 6. The van der Waals surface area contributed by atoms with E-state index in [1.165, 1.54) is 18.2 Å². The highest BCUT2D eigenvalue weighted by atomic mass is 79.9. The van der Waals surface area contributed by atoms with Crippen molar-refractivity contribution in [3.05, 3.63) is 89.0 Å². The number of rotatable bonds is 17. The van der Waals surface area contributed by atoms with E-state index in [0.29, 0.717) is 29.7 Å². The van der Waals surface area contributed by atoms with Crippen molar-refractivity contribution >= 4 is 64.5 Å². The fraction of sp³-hybridized carbons (Fsp3) is 0.532. The Morgan fingerprint density at radius 1 is 1.03 bits per heavy atom. The van der Waals surface area contributed by atoms with Crippen LogP contribution in [0.5, 0.6) is 0 Å². The Bertz CT molecular complexity index is 2390. The van der Waals surface area contributed by atoms with E-state index in [0.717, 1.165) is 11.1 Å². The summed E-state index contributed by atoms with van der Waals surface area (Å²) in [7, 11) is -5.10. The SMILES string of the molecule is C[C@H](CC(=O)[C@H](C)NC(=O)CCNC(=O)CBr)C(=O)Nc1cccc(Cc2ccc([C@@H]3O[C@@H]4C[C@H]5[C@@H]6CCC7=CC(=O)C=C[C@]7(C)[C@@]6(F)[C@@H](O)C[C@]5(C)[C@]4(C(=O)COP(=O)(O)O)O3)cc2)c1. The number of phosphoric acid groups is 1. The van der Waals surface area contributed by atoms with Gasteiger partial charge < -0.3 is 40.3 Å². The van der Waals surface area contributed by atoms with Crippen molar-refractivity contribution in [1.29, 1.82) is 0 Å². The second kappa shape index (κ2) is 19.0. The zero-order valence-corrected chi connectivity index (χ0v) is 39.6. The molecule has 3 saturated carbocycles. The maximum Gasteiger partial charge on any atom is 0.470 e. The van der Waals surface area contributed by atoms with E-state index in [1.807, 2.05) is 24.3 Å². The highest BCUT2D eigenvalue weighted by Crippen LogP contribution is 2.72. The number of hydrogen-bond donors (Lipinski definition) is 6. The molecular formula is C47H56BrFN3O13P. The van der Waals surface area contributed by atoms with Crippen molar-refractivity contribution in [3.63, 3.8) is 0 Å². The largest absolute Gasteiger partial charge is 0.470 e. The predicted octanol–water partition coefficient (Wildman–Crippen LogP) is 5.03. The molecule has 0 spiro atoms. The van der Waals surface area contributed by atoms with Gasteiger partial charge >= 0.3 is 7.82 Å². The molecule has 66 heavy (non-hydrogen) atoms. The second-order valence-electron chi connectivity index (χ2n) is 18.7. The zero-order chi connectivity index (χ0) is 48.0. The molecule has 6 N–H and O–H groups in total. The van der Waals surface area contributed by atoms with Gasteiger partial charge in [-0.25, -0.2) is 8.96 Å². The van der Waals surface area contributed by atoms with E-state index < -0.39 is 90.5 Å². The highest BCUT2D eigenvalue weighted by molar-refractivity contribution is 9.09. The van der Waals surface area contributed by atoms with E-state index >= 15 is 4.39 Å². The van der Waals surface area contributed by atoms with Crippen LogP contribution in [0.1, 0.15) is 89.2 Å². The molecule has 5 aliphatic rings. The maximum absolute atomic E-state index is 17.9. The van der Waals surface area contributed by atoms with Gasteiger partial charge in [-0.15, -0.1) is 0 Å². The Labute approximate surface area is 390 Å². The van der Waals surface area contributed by atoms with Gasteiger partial charge in [0.15, 0.2) is 34.9 Å². The normalized spacial score (nSPS) is 31.9. The predicted molar refractivity (Wildman–Crippen MR) is 240 cm³/mol. The number of ketones is 3. The third kappa shape index (κ3) is 9.32. The van der Waals surface area contributed by atoms with Crippen LogP contribution in [-0.2, 0) is 53.8 Å². The van der Waals surface area contributed by atoms with Crippen molar-refractivity contribution in [3.8, 4) is 0 Å². The number of halogens is 2. The Hall–Kier alpha value is -4.26. The van der Waals surface area contributed by atoms with Crippen LogP contribution >= 0.6 is 23.8 Å². The molecular weight excluding hydrogens is 944 g/mol. The summed E-state index contributed by atoms with van der Waals surface area (Å²) in [4.78, 5) is 95.3. The Morgan fingerprint density at radius 2 is 1.76 bits per heavy atom. The number of phosphoric ester groups is 1. The third-order valence-electron chi connectivity index (χ3n) is 14.6. The smallest absolute Gasteiger partial charge is 0.390 e. The molecule has 1 aliphatic heterocycles. The summed E-state index contributed by atoms with van der Waals surface area (Å²) in [6, 6.07) is 13.6. The highest BCUT2D eigenvalue weighted by Gasteiger charge is 2.79.